The van der Waals surface area contributed by atoms with E-state index >= 15 is 0 Å². The summed E-state index contributed by atoms with van der Waals surface area (Å²) in [6.07, 6.45) is 2.10. The van der Waals surface area contributed by atoms with Gasteiger partial charge in [0.15, 0.2) is 0 Å². The Labute approximate surface area is 263 Å². The highest BCUT2D eigenvalue weighted by atomic mass is 32.2. The molecule has 3 atom stereocenters. The Balaban J connectivity index is 0.000000323. The van der Waals surface area contributed by atoms with Gasteiger partial charge in [0.05, 0.1) is 6.61 Å². The molecule has 0 aliphatic rings. The molecule has 0 heterocycles. The molecular formula is C29H42N6O5S3. The quantitative estimate of drug-likeness (QED) is 0.147. The van der Waals surface area contributed by atoms with Crippen LogP contribution in [-0.4, -0.2) is 55.9 Å². The van der Waals surface area contributed by atoms with Gasteiger partial charge in [-0.15, -0.1) is 0 Å². The average Bonchev–Trinajstić information content (AvgIpc) is 2.96. The van der Waals surface area contributed by atoms with E-state index in [2.05, 4.69) is 21.5 Å². The summed E-state index contributed by atoms with van der Waals surface area (Å²) in [5.74, 6) is 0.574. The van der Waals surface area contributed by atoms with E-state index in [0.29, 0.717) is 18.8 Å². The van der Waals surface area contributed by atoms with Crippen LogP contribution in [-0.2, 0) is 38.5 Å². The smallest absolute Gasteiger partial charge is 0.333 e. The first kappa shape index (κ1) is 37.9. The first-order valence-electron chi connectivity index (χ1n) is 13.2. The molecule has 43 heavy (non-hydrogen) atoms. The second kappa shape index (κ2) is 21.6. The molecule has 0 unspecified atom stereocenters. The molecule has 0 saturated heterocycles. The van der Waals surface area contributed by atoms with Crippen LogP contribution < -0.4 is 33.8 Å². The van der Waals surface area contributed by atoms with Crippen molar-refractivity contribution in [2.75, 3.05) is 19.0 Å². The second-order valence-corrected chi connectivity index (χ2v) is 12.0. The van der Waals surface area contributed by atoms with Gasteiger partial charge in [0.25, 0.3) is 10.4 Å². The van der Waals surface area contributed by atoms with E-state index in [4.69, 9.17) is 33.4 Å². The SMILES string of the molecule is NC(=O)SC[C@H](N)Cc1ccccc1.NC(=S)OC[C@H](N)Cc1ccccc1.N[C@@H](COS(N)(=O)=O)Cc1ccccc1. The molecule has 0 saturated carbocycles. The lowest BCUT2D eigenvalue weighted by Gasteiger charge is -2.11. The van der Waals surface area contributed by atoms with Crippen molar-refractivity contribution in [2.45, 2.75) is 37.4 Å². The van der Waals surface area contributed by atoms with Crippen molar-refractivity contribution >= 4 is 44.7 Å². The third-order valence-corrected chi connectivity index (χ3v) is 6.81. The minimum Gasteiger partial charge on any atom is -0.470 e. The number of carbonyl (C=O) groups excluding carboxylic acids is 1. The maximum absolute atomic E-state index is 10.5. The summed E-state index contributed by atoms with van der Waals surface area (Å²) in [5.41, 5.74) is 30.9. The first-order chi connectivity index (χ1) is 20.3. The van der Waals surface area contributed by atoms with Crippen LogP contribution in [0.25, 0.3) is 0 Å². The molecule has 0 radical (unpaired) electrons. The lowest BCUT2D eigenvalue weighted by Crippen LogP contribution is -2.31. The van der Waals surface area contributed by atoms with Gasteiger partial charge in [0.2, 0.25) is 0 Å². The number of benzene rings is 3. The predicted molar refractivity (Wildman–Crippen MR) is 178 cm³/mol. The van der Waals surface area contributed by atoms with E-state index in [1.54, 1.807) is 0 Å². The lowest BCUT2D eigenvalue weighted by molar-refractivity contribution is 0.267. The summed E-state index contributed by atoms with van der Waals surface area (Å²) in [4.78, 5) is 10.5. The molecule has 0 spiro atoms. The molecular weight excluding hydrogens is 609 g/mol. The molecule has 3 aromatic carbocycles. The van der Waals surface area contributed by atoms with Crippen LogP contribution >= 0.6 is 24.0 Å². The zero-order chi connectivity index (χ0) is 32.1. The number of thiocarbonyl (C=S) groups is 1. The fraction of sp³-hybridized carbons (Fsp3) is 0.310. The number of amides is 1. The number of nitrogens with two attached hydrogens (primary N) is 6. The molecule has 14 heteroatoms. The minimum absolute atomic E-state index is 0.0186. The molecule has 3 aromatic rings. The minimum atomic E-state index is -3.89. The van der Waals surface area contributed by atoms with Gasteiger partial charge in [-0.1, -0.05) is 103 Å². The lowest BCUT2D eigenvalue weighted by atomic mass is 10.1. The normalized spacial score (nSPS) is 12.7. The first-order valence-corrected chi connectivity index (χ1v) is 16.1. The summed E-state index contributed by atoms with van der Waals surface area (Å²) in [6.45, 7) is 0.262. The fourth-order valence-corrected chi connectivity index (χ4v) is 4.42. The highest BCUT2D eigenvalue weighted by Crippen LogP contribution is 2.07. The van der Waals surface area contributed by atoms with Crippen molar-refractivity contribution in [3.05, 3.63) is 108 Å². The number of hydrogen-bond acceptors (Lipinski definition) is 10. The van der Waals surface area contributed by atoms with E-state index < -0.39 is 10.3 Å². The maximum Gasteiger partial charge on any atom is 0.333 e. The molecule has 0 bridgehead atoms. The van der Waals surface area contributed by atoms with Gasteiger partial charge >= 0.3 is 10.3 Å². The number of rotatable bonds is 13. The van der Waals surface area contributed by atoms with Crippen LogP contribution in [0.3, 0.4) is 0 Å². The molecule has 0 aliphatic heterocycles. The summed E-state index contributed by atoms with van der Waals surface area (Å²) in [7, 11) is -3.89. The van der Waals surface area contributed by atoms with Crippen molar-refractivity contribution in [3.8, 4) is 0 Å². The van der Waals surface area contributed by atoms with Crippen molar-refractivity contribution in [1.29, 1.82) is 0 Å². The largest absolute Gasteiger partial charge is 0.470 e. The molecule has 12 N–H and O–H groups in total. The third kappa shape index (κ3) is 22.2. The van der Waals surface area contributed by atoms with Crippen LogP contribution in [0.15, 0.2) is 91.0 Å². The topological polar surface area (TPSA) is 226 Å². The van der Waals surface area contributed by atoms with E-state index in [1.807, 2.05) is 91.0 Å². The van der Waals surface area contributed by atoms with Crippen molar-refractivity contribution in [1.82, 2.24) is 0 Å². The zero-order valence-electron chi connectivity index (χ0n) is 23.9. The van der Waals surface area contributed by atoms with Crippen LogP contribution in [0.5, 0.6) is 0 Å². The Morgan fingerprint density at radius 1 is 0.698 bits per heavy atom. The van der Waals surface area contributed by atoms with Crippen molar-refractivity contribution in [3.63, 3.8) is 0 Å². The van der Waals surface area contributed by atoms with Gasteiger partial charge in [0, 0.05) is 23.9 Å². The second-order valence-electron chi connectivity index (χ2n) is 9.39. The molecule has 0 aromatic heterocycles. The number of thioether (sulfide) groups is 1. The standard InChI is InChI=1S/2C10H14N2OS.C9H14N2O3S/c11-9(7-14-10(12)13)6-8-4-2-1-3-5-8;11-9(7-13-10(12)14)6-8-4-2-1-3-5-8;10-9(7-14-15(11,12)13)6-8-4-2-1-3-5-8/h1-5,9H,6-7,11H2,(H2,12,13);1-5,9H,6-7,11H2,(H2,12,14);1-5,9H,6-7,10H2,(H2,11,12,13)/t3*9-/m111/s1. The highest BCUT2D eigenvalue weighted by molar-refractivity contribution is 8.13. The predicted octanol–water partition coefficient (Wildman–Crippen LogP) is 1.96. The Kier molecular flexibility index (Phi) is 19.0. The molecule has 3 rings (SSSR count). The van der Waals surface area contributed by atoms with Gasteiger partial charge in [-0.25, -0.2) is 5.14 Å². The zero-order valence-corrected chi connectivity index (χ0v) is 26.3. The highest BCUT2D eigenvalue weighted by Gasteiger charge is 2.09. The summed E-state index contributed by atoms with van der Waals surface area (Å²) >= 11 is 5.65. The van der Waals surface area contributed by atoms with Gasteiger partial charge in [-0.3, -0.25) is 8.98 Å². The van der Waals surface area contributed by atoms with Crippen molar-refractivity contribution in [2.24, 2.45) is 33.8 Å². The average molecular weight is 651 g/mol. The van der Waals surface area contributed by atoms with Crippen LogP contribution in [0.1, 0.15) is 16.7 Å². The third-order valence-electron chi connectivity index (χ3n) is 5.35. The molecule has 1 amide bonds. The number of ether oxygens (including phenoxy) is 1. The maximum atomic E-state index is 10.5. The monoisotopic (exact) mass is 650 g/mol. The Morgan fingerprint density at radius 3 is 1.42 bits per heavy atom. The van der Waals surface area contributed by atoms with Crippen LogP contribution in [0.2, 0.25) is 0 Å². The number of primary amides is 1. The van der Waals surface area contributed by atoms with E-state index in [-0.39, 0.29) is 35.1 Å². The molecule has 0 aliphatic carbocycles. The summed E-state index contributed by atoms with van der Waals surface area (Å²) in [5, 5.41) is 4.35. The summed E-state index contributed by atoms with van der Waals surface area (Å²) in [6, 6.07) is 29.0. The van der Waals surface area contributed by atoms with E-state index in [0.717, 1.165) is 30.2 Å². The van der Waals surface area contributed by atoms with Gasteiger partial charge in [-0.05, 0) is 48.2 Å². The van der Waals surface area contributed by atoms with Crippen molar-refractivity contribution < 1.29 is 22.1 Å². The van der Waals surface area contributed by atoms with Crippen LogP contribution in [0, 0.1) is 0 Å². The number of hydrogen-bond donors (Lipinski definition) is 6. The Bertz CT molecular complexity index is 1230. The van der Waals surface area contributed by atoms with Gasteiger partial charge in [-0.2, -0.15) is 8.42 Å². The number of carbonyl (C=O) groups is 1. The molecule has 236 valence electrons. The van der Waals surface area contributed by atoms with Gasteiger partial charge < -0.3 is 33.4 Å². The summed E-state index contributed by atoms with van der Waals surface area (Å²) < 4.78 is 30.3. The Hall–Kier alpha value is -3.08. The molecule has 0 fully saturated rings. The van der Waals surface area contributed by atoms with E-state index in [1.165, 1.54) is 11.1 Å². The fourth-order valence-electron chi connectivity index (χ4n) is 3.49. The van der Waals surface area contributed by atoms with Crippen LogP contribution in [0.4, 0.5) is 4.79 Å². The molecule has 11 nitrogen and oxygen atoms in total. The van der Waals surface area contributed by atoms with E-state index in [9.17, 15) is 13.2 Å². The van der Waals surface area contributed by atoms with Gasteiger partial charge in [0.1, 0.15) is 6.61 Å². The Morgan fingerprint density at radius 2 is 1.07 bits per heavy atom.